The first-order valence-corrected chi connectivity index (χ1v) is 9.64. The van der Waals surface area contributed by atoms with Crippen LogP contribution in [-0.4, -0.2) is 29.8 Å². The number of hydrogen-bond donors (Lipinski definition) is 1. The maximum Gasteiger partial charge on any atom is 0.227 e. The van der Waals surface area contributed by atoms with Gasteiger partial charge in [-0.2, -0.15) is 0 Å². The van der Waals surface area contributed by atoms with Crippen molar-refractivity contribution in [1.82, 2.24) is 4.90 Å². The van der Waals surface area contributed by atoms with Crippen LogP contribution in [0.1, 0.15) is 35.1 Å². The summed E-state index contributed by atoms with van der Waals surface area (Å²) in [5, 5.41) is 3.03. The SMILES string of the molecule is Cc1ccc(NC(=O)C2CCN(C(=O)Cc3ccccc3C)CC2)cc1C. The summed E-state index contributed by atoms with van der Waals surface area (Å²) < 4.78 is 0. The average molecular weight is 364 g/mol. The molecule has 0 aromatic heterocycles. The van der Waals surface area contributed by atoms with Gasteiger partial charge in [0.2, 0.25) is 11.8 Å². The molecule has 0 saturated carbocycles. The van der Waals surface area contributed by atoms with Crippen molar-refractivity contribution in [2.75, 3.05) is 18.4 Å². The number of hydrogen-bond acceptors (Lipinski definition) is 2. The number of aryl methyl sites for hydroxylation is 3. The van der Waals surface area contributed by atoms with Crippen LogP contribution in [0.3, 0.4) is 0 Å². The van der Waals surface area contributed by atoms with Crippen LogP contribution in [0, 0.1) is 26.7 Å². The van der Waals surface area contributed by atoms with Crippen molar-refractivity contribution in [2.45, 2.75) is 40.0 Å². The normalized spacial score (nSPS) is 14.9. The van der Waals surface area contributed by atoms with E-state index < -0.39 is 0 Å². The van der Waals surface area contributed by atoms with Gasteiger partial charge in [-0.3, -0.25) is 9.59 Å². The molecule has 0 aliphatic carbocycles. The number of anilines is 1. The molecule has 0 atom stereocenters. The van der Waals surface area contributed by atoms with Crippen LogP contribution in [0.5, 0.6) is 0 Å². The molecule has 4 heteroatoms. The van der Waals surface area contributed by atoms with Crippen molar-refractivity contribution in [3.05, 3.63) is 64.7 Å². The summed E-state index contributed by atoms with van der Waals surface area (Å²) in [5.74, 6) is 0.177. The lowest BCUT2D eigenvalue weighted by atomic mass is 9.95. The van der Waals surface area contributed by atoms with Crippen LogP contribution in [-0.2, 0) is 16.0 Å². The summed E-state index contributed by atoms with van der Waals surface area (Å²) in [6, 6.07) is 14.0. The molecule has 1 aliphatic rings. The Kier molecular flexibility index (Phi) is 5.94. The number of carbonyl (C=O) groups excluding carboxylic acids is 2. The Bertz CT molecular complexity index is 836. The van der Waals surface area contributed by atoms with E-state index in [1.807, 2.05) is 61.2 Å². The van der Waals surface area contributed by atoms with Gasteiger partial charge in [-0.1, -0.05) is 30.3 Å². The Morgan fingerprint density at radius 3 is 2.33 bits per heavy atom. The molecule has 0 radical (unpaired) electrons. The highest BCUT2D eigenvalue weighted by molar-refractivity contribution is 5.93. The maximum atomic E-state index is 12.6. The first-order valence-electron chi connectivity index (χ1n) is 9.64. The minimum Gasteiger partial charge on any atom is -0.342 e. The molecule has 142 valence electrons. The summed E-state index contributed by atoms with van der Waals surface area (Å²) in [6.07, 6.45) is 1.87. The van der Waals surface area contributed by atoms with E-state index in [0.29, 0.717) is 19.5 Å². The number of rotatable bonds is 4. The highest BCUT2D eigenvalue weighted by Gasteiger charge is 2.27. The van der Waals surface area contributed by atoms with Crippen molar-refractivity contribution in [2.24, 2.45) is 5.92 Å². The average Bonchev–Trinajstić information content (AvgIpc) is 2.66. The summed E-state index contributed by atoms with van der Waals surface area (Å²) in [6.45, 7) is 7.44. The standard InChI is InChI=1S/C23H28N2O2/c1-16-8-9-21(14-18(16)3)24-23(27)19-10-12-25(13-11-19)22(26)15-20-7-5-4-6-17(20)2/h4-9,14,19H,10-13,15H2,1-3H3,(H,24,27). The van der Waals surface area contributed by atoms with Crippen molar-refractivity contribution >= 4 is 17.5 Å². The van der Waals surface area contributed by atoms with Crippen LogP contribution in [0.4, 0.5) is 5.69 Å². The van der Waals surface area contributed by atoms with E-state index >= 15 is 0 Å². The molecule has 2 aromatic carbocycles. The second-order valence-corrected chi connectivity index (χ2v) is 7.55. The van der Waals surface area contributed by atoms with Gasteiger partial charge in [0.25, 0.3) is 0 Å². The molecular weight excluding hydrogens is 336 g/mol. The largest absolute Gasteiger partial charge is 0.342 e. The molecule has 2 aromatic rings. The Balaban J connectivity index is 1.52. The van der Waals surface area contributed by atoms with Crippen LogP contribution in [0.25, 0.3) is 0 Å². The Labute approximate surface area is 161 Å². The monoisotopic (exact) mass is 364 g/mol. The Morgan fingerprint density at radius 1 is 0.963 bits per heavy atom. The van der Waals surface area contributed by atoms with Crippen LogP contribution < -0.4 is 5.32 Å². The van der Waals surface area contributed by atoms with E-state index in [0.717, 1.165) is 29.7 Å². The van der Waals surface area contributed by atoms with Crippen molar-refractivity contribution < 1.29 is 9.59 Å². The molecule has 2 amide bonds. The van der Waals surface area contributed by atoms with Gasteiger partial charge in [-0.15, -0.1) is 0 Å². The second kappa shape index (κ2) is 8.38. The fourth-order valence-corrected chi connectivity index (χ4v) is 3.54. The van der Waals surface area contributed by atoms with Crippen molar-refractivity contribution in [3.8, 4) is 0 Å². The highest BCUT2D eigenvalue weighted by atomic mass is 16.2. The third kappa shape index (κ3) is 4.76. The zero-order chi connectivity index (χ0) is 19.4. The van der Waals surface area contributed by atoms with E-state index in [2.05, 4.69) is 12.2 Å². The summed E-state index contributed by atoms with van der Waals surface area (Å²) in [5.41, 5.74) is 5.46. The molecule has 1 N–H and O–H groups in total. The molecule has 0 unspecified atom stereocenters. The van der Waals surface area contributed by atoms with E-state index in [1.54, 1.807) is 0 Å². The lowest BCUT2D eigenvalue weighted by Gasteiger charge is -2.31. The molecule has 1 aliphatic heterocycles. The topological polar surface area (TPSA) is 49.4 Å². The van der Waals surface area contributed by atoms with Gasteiger partial charge in [-0.25, -0.2) is 0 Å². The van der Waals surface area contributed by atoms with Gasteiger partial charge in [0.1, 0.15) is 0 Å². The van der Waals surface area contributed by atoms with Crippen molar-refractivity contribution in [3.63, 3.8) is 0 Å². The van der Waals surface area contributed by atoms with E-state index in [1.165, 1.54) is 11.1 Å². The summed E-state index contributed by atoms with van der Waals surface area (Å²) in [4.78, 5) is 27.0. The van der Waals surface area contributed by atoms with Gasteiger partial charge in [-0.05, 0) is 68.0 Å². The van der Waals surface area contributed by atoms with Crippen LogP contribution in [0.2, 0.25) is 0 Å². The molecule has 27 heavy (non-hydrogen) atoms. The lowest BCUT2D eigenvalue weighted by Crippen LogP contribution is -2.42. The van der Waals surface area contributed by atoms with E-state index in [9.17, 15) is 9.59 Å². The third-order valence-electron chi connectivity index (χ3n) is 5.60. The van der Waals surface area contributed by atoms with Gasteiger partial charge < -0.3 is 10.2 Å². The smallest absolute Gasteiger partial charge is 0.227 e. The molecule has 0 spiro atoms. The number of piperidine rings is 1. The van der Waals surface area contributed by atoms with Gasteiger partial charge >= 0.3 is 0 Å². The molecule has 1 saturated heterocycles. The number of likely N-dealkylation sites (tertiary alicyclic amines) is 1. The summed E-state index contributed by atoms with van der Waals surface area (Å²) in [7, 11) is 0. The fourth-order valence-electron chi connectivity index (χ4n) is 3.54. The number of amides is 2. The van der Waals surface area contributed by atoms with Crippen LogP contribution in [0.15, 0.2) is 42.5 Å². The predicted molar refractivity (Wildman–Crippen MR) is 109 cm³/mol. The molecular formula is C23H28N2O2. The zero-order valence-electron chi connectivity index (χ0n) is 16.4. The quantitative estimate of drug-likeness (QED) is 0.890. The number of nitrogens with one attached hydrogen (secondary N) is 1. The number of benzene rings is 2. The molecule has 0 bridgehead atoms. The molecule has 1 heterocycles. The minimum absolute atomic E-state index is 0.0332. The van der Waals surface area contributed by atoms with Gasteiger partial charge in [0, 0.05) is 24.7 Å². The lowest BCUT2D eigenvalue weighted by molar-refractivity contribution is -0.133. The molecule has 3 rings (SSSR count). The van der Waals surface area contributed by atoms with Gasteiger partial charge in [0.15, 0.2) is 0 Å². The zero-order valence-corrected chi connectivity index (χ0v) is 16.4. The summed E-state index contributed by atoms with van der Waals surface area (Å²) >= 11 is 0. The minimum atomic E-state index is -0.0332. The number of nitrogens with zero attached hydrogens (tertiary/aromatic N) is 1. The maximum absolute atomic E-state index is 12.6. The molecule has 1 fully saturated rings. The van der Waals surface area contributed by atoms with Crippen molar-refractivity contribution in [1.29, 1.82) is 0 Å². The Hall–Kier alpha value is -2.62. The highest BCUT2D eigenvalue weighted by Crippen LogP contribution is 2.22. The van der Waals surface area contributed by atoms with Gasteiger partial charge in [0.05, 0.1) is 6.42 Å². The fraction of sp³-hybridized carbons (Fsp3) is 0.391. The van der Waals surface area contributed by atoms with E-state index in [4.69, 9.17) is 0 Å². The van der Waals surface area contributed by atoms with Crippen LogP contribution >= 0.6 is 0 Å². The first-order chi connectivity index (χ1) is 12.9. The van der Waals surface area contributed by atoms with E-state index in [-0.39, 0.29) is 17.7 Å². The molecule has 4 nitrogen and oxygen atoms in total. The predicted octanol–water partition coefficient (Wildman–Crippen LogP) is 4.03. The first kappa shape index (κ1) is 19.2. The third-order valence-corrected chi connectivity index (χ3v) is 5.60. The Morgan fingerprint density at radius 2 is 1.67 bits per heavy atom. The second-order valence-electron chi connectivity index (χ2n) is 7.55. The number of carbonyl (C=O) groups is 2.